The SMILES string of the molecule is C=CCCCCOC1CCC(C(=O)Oc2ccc(C=CC(=O)OCC(C)c3cc(N)cc(N)c3)cc2)CC1. The van der Waals surface area contributed by atoms with E-state index < -0.39 is 5.97 Å². The molecule has 7 heteroatoms. The Kier molecular flexibility index (Phi) is 11.4. The highest BCUT2D eigenvalue weighted by molar-refractivity contribution is 5.87. The summed E-state index contributed by atoms with van der Waals surface area (Å²) in [7, 11) is 0. The third-order valence-corrected chi connectivity index (χ3v) is 6.72. The fourth-order valence-electron chi connectivity index (χ4n) is 4.46. The minimum absolute atomic E-state index is 0.0397. The van der Waals surface area contributed by atoms with E-state index in [4.69, 9.17) is 25.7 Å². The Morgan fingerprint density at radius 1 is 1.03 bits per heavy atom. The van der Waals surface area contributed by atoms with E-state index >= 15 is 0 Å². The third-order valence-electron chi connectivity index (χ3n) is 6.72. The molecule has 204 valence electrons. The Morgan fingerprint density at radius 3 is 2.37 bits per heavy atom. The molecule has 0 bridgehead atoms. The van der Waals surface area contributed by atoms with Crippen LogP contribution in [-0.4, -0.2) is 31.3 Å². The van der Waals surface area contributed by atoms with Gasteiger partial charge in [-0.25, -0.2) is 4.79 Å². The number of hydrogen-bond donors (Lipinski definition) is 2. The van der Waals surface area contributed by atoms with E-state index in [2.05, 4.69) is 6.58 Å². The van der Waals surface area contributed by atoms with Crippen molar-refractivity contribution in [3.8, 4) is 5.75 Å². The summed E-state index contributed by atoms with van der Waals surface area (Å²) in [5.74, 6) is -0.290. The van der Waals surface area contributed by atoms with Gasteiger partial charge in [-0.15, -0.1) is 6.58 Å². The Morgan fingerprint density at radius 2 is 1.71 bits per heavy atom. The van der Waals surface area contributed by atoms with Crippen LogP contribution < -0.4 is 16.2 Å². The smallest absolute Gasteiger partial charge is 0.330 e. The number of esters is 2. The van der Waals surface area contributed by atoms with Crippen molar-refractivity contribution in [3.05, 3.63) is 72.3 Å². The summed E-state index contributed by atoms with van der Waals surface area (Å²) in [6.07, 6.45) is 11.7. The van der Waals surface area contributed by atoms with Crippen molar-refractivity contribution in [1.29, 1.82) is 0 Å². The van der Waals surface area contributed by atoms with Crippen LogP contribution in [0.25, 0.3) is 6.08 Å². The minimum Gasteiger partial charge on any atom is -0.462 e. The van der Waals surface area contributed by atoms with Crippen molar-refractivity contribution in [2.75, 3.05) is 24.7 Å². The van der Waals surface area contributed by atoms with Crippen molar-refractivity contribution in [2.24, 2.45) is 5.92 Å². The van der Waals surface area contributed by atoms with Crippen LogP contribution in [0.3, 0.4) is 0 Å². The number of nitrogens with two attached hydrogens (primary N) is 2. The fourth-order valence-corrected chi connectivity index (χ4v) is 4.46. The molecule has 3 rings (SSSR count). The Balaban J connectivity index is 1.37. The molecule has 4 N–H and O–H groups in total. The van der Waals surface area contributed by atoms with E-state index in [9.17, 15) is 9.59 Å². The van der Waals surface area contributed by atoms with Crippen LogP contribution in [0.2, 0.25) is 0 Å². The van der Waals surface area contributed by atoms with Crippen molar-refractivity contribution in [2.45, 2.75) is 63.9 Å². The number of ether oxygens (including phenoxy) is 3. The molecular formula is C31H40N2O5. The normalized spacial score (nSPS) is 18.1. The van der Waals surface area contributed by atoms with E-state index in [1.54, 1.807) is 36.4 Å². The number of hydrogen-bond acceptors (Lipinski definition) is 7. The first-order chi connectivity index (χ1) is 18.3. The van der Waals surface area contributed by atoms with Gasteiger partial charge in [0.05, 0.1) is 18.6 Å². The molecule has 1 unspecified atom stereocenters. The third kappa shape index (κ3) is 9.71. The first kappa shape index (κ1) is 29.0. The van der Waals surface area contributed by atoms with Gasteiger partial charge in [0.1, 0.15) is 5.75 Å². The largest absolute Gasteiger partial charge is 0.462 e. The van der Waals surface area contributed by atoms with Gasteiger partial charge in [-0.05, 0) is 92.5 Å². The molecule has 0 heterocycles. The summed E-state index contributed by atoms with van der Waals surface area (Å²) < 4.78 is 16.9. The summed E-state index contributed by atoms with van der Waals surface area (Å²) in [6, 6.07) is 12.4. The van der Waals surface area contributed by atoms with Crippen LogP contribution in [0.15, 0.2) is 61.2 Å². The molecule has 2 aromatic rings. The lowest BCUT2D eigenvalue weighted by Gasteiger charge is -2.27. The number of carbonyl (C=O) groups excluding carboxylic acids is 2. The number of allylic oxidation sites excluding steroid dienone is 1. The van der Waals surface area contributed by atoms with E-state index in [-0.39, 0.29) is 30.5 Å². The van der Waals surface area contributed by atoms with Crippen LogP contribution >= 0.6 is 0 Å². The number of anilines is 2. The maximum absolute atomic E-state index is 12.6. The Labute approximate surface area is 225 Å². The topological polar surface area (TPSA) is 114 Å². The first-order valence-electron chi connectivity index (χ1n) is 13.4. The predicted octanol–water partition coefficient (Wildman–Crippen LogP) is 6.05. The predicted molar refractivity (Wildman–Crippen MR) is 151 cm³/mol. The maximum atomic E-state index is 12.6. The molecule has 1 atom stereocenters. The molecule has 38 heavy (non-hydrogen) atoms. The van der Waals surface area contributed by atoms with Gasteiger partial charge in [0.25, 0.3) is 0 Å². The molecule has 0 radical (unpaired) electrons. The standard InChI is InChI=1S/C31H40N2O5/c1-3-4-5-6-17-36-28-14-10-24(11-15-28)31(35)38-29-12-7-23(8-13-29)9-16-30(34)37-21-22(2)25-18-26(32)20-27(33)19-25/h3,7-9,12-13,16,18-20,22,24,28H,1,4-6,10-11,14-15,17,21,32-33H2,2H3. The lowest BCUT2D eigenvalue weighted by molar-refractivity contribution is -0.141. The van der Waals surface area contributed by atoms with E-state index in [0.717, 1.165) is 62.7 Å². The zero-order valence-electron chi connectivity index (χ0n) is 22.3. The van der Waals surface area contributed by atoms with Gasteiger partial charge in [-0.1, -0.05) is 25.1 Å². The fraction of sp³-hybridized carbons (Fsp3) is 0.419. The molecule has 0 aliphatic heterocycles. The van der Waals surface area contributed by atoms with Gasteiger partial charge < -0.3 is 25.7 Å². The van der Waals surface area contributed by atoms with Gasteiger partial charge in [0.15, 0.2) is 0 Å². The second-order valence-electron chi connectivity index (χ2n) is 9.92. The van der Waals surface area contributed by atoms with Gasteiger partial charge in [-0.3, -0.25) is 4.79 Å². The van der Waals surface area contributed by atoms with Gasteiger partial charge in [0.2, 0.25) is 0 Å². The zero-order valence-corrected chi connectivity index (χ0v) is 22.3. The highest BCUT2D eigenvalue weighted by atomic mass is 16.5. The van der Waals surface area contributed by atoms with Crippen molar-refractivity contribution in [1.82, 2.24) is 0 Å². The average molecular weight is 521 g/mol. The molecule has 0 saturated heterocycles. The summed E-state index contributed by atoms with van der Waals surface area (Å²) in [4.78, 5) is 24.8. The maximum Gasteiger partial charge on any atom is 0.330 e. The average Bonchev–Trinajstić information content (AvgIpc) is 2.91. The van der Waals surface area contributed by atoms with Gasteiger partial charge in [0, 0.05) is 30.0 Å². The summed E-state index contributed by atoms with van der Waals surface area (Å²) in [6.45, 7) is 6.66. The van der Waals surface area contributed by atoms with Crippen LogP contribution in [-0.2, 0) is 19.1 Å². The molecule has 0 spiro atoms. The number of nitrogen functional groups attached to an aromatic ring is 2. The van der Waals surface area contributed by atoms with E-state index in [0.29, 0.717) is 17.1 Å². The minimum atomic E-state index is -0.444. The van der Waals surface area contributed by atoms with Crippen LogP contribution in [0.5, 0.6) is 5.75 Å². The number of carbonyl (C=O) groups is 2. The highest BCUT2D eigenvalue weighted by Gasteiger charge is 2.28. The molecule has 1 aliphatic rings. The molecular weight excluding hydrogens is 480 g/mol. The van der Waals surface area contributed by atoms with Crippen LogP contribution in [0, 0.1) is 5.92 Å². The summed E-state index contributed by atoms with van der Waals surface area (Å²) in [5, 5.41) is 0. The van der Waals surface area contributed by atoms with E-state index in [1.807, 2.05) is 25.1 Å². The summed E-state index contributed by atoms with van der Waals surface area (Å²) >= 11 is 0. The number of rotatable bonds is 13. The number of unbranched alkanes of at least 4 members (excludes halogenated alkanes) is 2. The monoisotopic (exact) mass is 520 g/mol. The highest BCUT2D eigenvalue weighted by Crippen LogP contribution is 2.28. The van der Waals surface area contributed by atoms with Crippen molar-refractivity contribution >= 4 is 29.4 Å². The van der Waals surface area contributed by atoms with Crippen molar-refractivity contribution < 1.29 is 23.8 Å². The van der Waals surface area contributed by atoms with Crippen molar-refractivity contribution in [3.63, 3.8) is 0 Å². The molecule has 1 saturated carbocycles. The molecule has 2 aromatic carbocycles. The van der Waals surface area contributed by atoms with Gasteiger partial charge >= 0.3 is 11.9 Å². The Hall–Kier alpha value is -3.58. The van der Waals surface area contributed by atoms with Crippen LogP contribution in [0.4, 0.5) is 11.4 Å². The quantitative estimate of drug-likeness (QED) is 0.0825. The molecule has 0 amide bonds. The van der Waals surface area contributed by atoms with E-state index in [1.165, 1.54) is 6.08 Å². The second-order valence-corrected chi connectivity index (χ2v) is 9.92. The zero-order chi connectivity index (χ0) is 27.3. The second kappa shape index (κ2) is 15.0. The summed E-state index contributed by atoms with van der Waals surface area (Å²) in [5.41, 5.74) is 14.5. The molecule has 7 nitrogen and oxygen atoms in total. The first-order valence-corrected chi connectivity index (χ1v) is 13.4. The van der Waals surface area contributed by atoms with Gasteiger partial charge in [-0.2, -0.15) is 0 Å². The lowest BCUT2D eigenvalue weighted by Crippen LogP contribution is -2.29. The lowest BCUT2D eigenvalue weighted by atomic mass is 9.87. The van der Waals surface area contributed by atoms with Crippen LogP contribution in [0.1, 0.15) is 68.9 Å². The molecule has 0 aromatic heterocycles. The Bertz CT molecular complexity index is 1070. The molecule has 1 aliphatic carbocycles. The number of benzene rings is 2. The molecule has 1 fully saturated rings.